The van der Waals surface area contributed by atoms with Gasteiger partial charge in [-0.05, 0) is 38.0 Å². The SMILES string of the molecule is COc1ccc(C(C)=O)cc1CSCC(=O)NCC(=O)NC1CC1. The van der Waals surface area contributed by atoms with E-state index in [4.69, 9.17) is 4.74 Å². The fourth-order valence-electron chi connectivity index (χ4n) is 2.10. The van der Waals surface area contributed by atoms with Crippen molar-refractivity contribution in [1.29, 1.82) is 0 Å². The van der Waals surface area contributed by atoms with Crippen LogP contribution in [0.5, 0.6) is 5.75 Å². The van der Waals surface area contributed by atoms with E-state index in [2.05, 4.69) is 10.6 Å². The number of methoxy groups -OCH3 is 1. The molecule has 0 aliphatic heterocycles. The monoisotopic (exact) mass is 350 g/mol. The average Bonchev–Trinajstić information content (AvgIpc) is 3.36. The number of nitrogens with one attached hydrogen (secondary N) is 2. The zero-order valence-corrected chi connectivity index (χ0v) is 14.7. The Morgan fingerprint density at radius 1 is 1.25 bits per heavy atom. The molecule has 0 radical (unpaired) electrons. The Kier molecular flexibility index (Phi) is 6.66. The summed E-state index contributed by atoms with van der Waals surface area (Å²) in [5.74, 6) is 1.13. The molecular weight excluding hydrogens is 328 g/mol. The fourth-order valence-corrected chi connectivity index (χ4v) is 2.94. The average molecular weight is 350 g/mol. The van der Waals surface area contributed by atoms with Crippen LogP contribution < -0.4 is 15.4 Å². The second-order valence-corrected chi connectivity index (χ2v) is 6.68. The molecular formula is C17H22N2O4S. The lowest BCUT2D eigenvalue weighted by Gasteiger charge is -2.10. The number of ether oxygens (including phenoxy) is 1. The zero-order chi connectivity index (χ0) is 17.5. The van der Waals surface area contributed by atoms with Gasteiger partial charge < -0.3 is 15.4 Å². The number of hydrogen-bond acceptors (Lipinski definition) is 5. The van der Waals surface area contributed by atoms with Crippen molar-refractivity contribution < 1.29 is 19.1 Å². The number of amides is 2. The summed E-state index contributed by atoms with van der Waals surface area (Å²) in [6.07, 6.45) is 2.05. The molecule has 6 nitrogen and oxygen atoms in total. The van der Waals surface area contributed by atoms with Crippen LogP contribution in [0.15, 0.2) is 18.2 Å². The predicted molar refractivity (Wildman–Crippen MR) is 93.3 cm³/mol. The molecule has 0 heterocycles. The van der Waals surface area contributed by atoms with Crippen molar-refractivity contribution in [2.45, 2.75) is 31.6 Å². The van der Waals surface area contributed by atoms with Gasteiger partial charge in [0.25, 0.3) is 0 Å². The molecule has 1 aliphatic carbocycles. The topological polar surface area (TPSA) is 84.5 Å². The maximum atomic E-state index is 11.8. The summed E-state index contributed by atoms with van der Waals surface area (Å²) >= 11 is 1.41. The Labute approximate surface area is 145 Å². The van der Waals surface area contributed by atoms with Crippen LogP contribution in [-0.4, -0.2) is 43.0 Å². The summed E-state index contributed by atoms with van der Waals surface area (Å²) in [5, 5.41) is 5.42. The lowest BCUT2D eigenvalue weighted by molar-refractivity contribution is -0.124. The van der Waals surface area contributed by atoms with Gasteiger partial charge in [-0.15, -0.1) is 11.8 Å². The number of Topliss-reactive ketones (excluding diaryl/α,β-unsaturated/α-hetero) is 1. The molecule has 2 amide bonds. The molecule has 0 saturated heterocycles. The van der Waals surface area contributed by atoms with Gasteiger partial charge in [0.15, 0.2) is 5.78 Å². The minimum atomic E-state index is -0.187. The normalized spacial score (nSPS) is 13.2. The molecule has 1 fully saturated rings. The number of thioether (sulfide) groups is 1. The maximum absolute atomic E-state index is 11.8. The summed E-state index contributed by atoms with van der Waals surface area (Å²) in [7, 11) is 1.57. The molecule has 1 aromatic rings. The number of carbonyl (C=O) groups is 3. The fraction of sp³-hybridized carbons (Fsp3) is 0.471. The first-order chi connectivity index (χ1) is 11.5. The minimum Gasteiger partial charge on any atom is -0.496 e. The van der Waals surface area contributed by atoms with Gasteiger partial charge in [-0.3, -0.25) is 14.4 Å². The van der Waals surface area contributed by atoms with Gasteiger partial charge >= 0.3 is 0 Å². The number of carbonyl (C=O) groups excluding carboxylic acids is 3. The van der Waals surface area contributed by atoms with Crippen molar-refractivity contribution in [3.63, 3.8) is 0 Å². The third-order valence-corrected chi connectivity index (χ3v) is 4.55. The Hall–Kier alpha value is -2.02. The molecule has 0 bridgehead atoms. The number of benzene rings is 1. The lowest BCUT2D eigenvalue weighted by atomic mass is 10.1. The van der Waals surface area contributed by atoms with E-state index in [1.165, 1.54) is 18.7 Å². The maximum Gasteiger partial charge on any atom is 0.239 e. The van der Waals surface area contributed by atoms with Crippen molar-refractivity contribution in [1.82, 2.24) is 10.6 Å². The first-order valence-electron chi connectivity index (χ1n) is 7.81. The molecule has 2 N–H and O–H groups in total. The second kappa shape index (κ2) is 8.73. The molecule has 0 unspecified atom stereocenters. The summed E-state index contributed by atoms with van der Waals surface area (Å²) in [5.41, 5.74) is 1.49. The van der Waals surface area contributed by atoms with Crippen molar-refractivity contribution in [2.75, 3.05) is 19.4 Å². The molecule has 7 heteroatoms. The summed E-state index contributed by atoms with van der Waals surface area (Å²) in [6, 6.07) is 5.56. The smallest absolute Gasteiger partial charge is 0.239 e. The highest BCUT2D eigenvalue weighted by Crippen LogP contribution is 2.24. The summed E-state index contributed by atoms with van der Waals surface area (Å²) in [4.78, 5) is 34.7. The molecule has 24 heavy (non-hydrogen) atoms. The highest BCUT2D eigenvalue weighted by molar-refractivity contribution is 7.99. The van der Waals surface area contributed by atoms with Crippen LogP contribution >= 0.6 is 11.8 Å². The lowest BCUT2D eigenvalue weighted by Crippen LogP contribution is -2.38. The number of hydrogen-bond donors (Lipinski definition) is 2. The van der Waals surface area contributed by atoms with Crippen LogP contribution in [0.2, 0.25) is 0 Å². The third-order valence-electron chi connectivity index (χ3n) is 3.57. The van der Waals surface area contributed by atoms with Crippen LogP contribution in [-0.2, 0) is 15.3 Å². The van der Waals surface area contributed by atoms with E-state index in [1.807, 2.05) is 0 Å². The van der Waals surface area contributed by atoms with Crippen molar-refractivity contribution in [3.8, 4) is 5.75 Å². The summed E-state index contributed by atoms with van der Waals surface area (Å²) in [6.45, 7) is 1.53. The minimum absolute atomic E-state index is 0.0108. The standard InChI is InChI=1S/C17H22N2O4S/c1-11(20)12-3-6-15(23-2)13(7-12)9-24-10-17(22)18-8-16(21)19-14-4-5-14/h3,6-7,14H,4-5,8-10H2,1-2H3,(H,18,22)(H,19,21). The van der Waals surface area contributed by atoms with E-state index in [-0.39, 0.29) is 29.9 Å². The van der Waals surface area contributed by atoms with Gasteiger partial charge in [0.05, 0.1) is 19.4 Å². The Bertz CT molecular complexity index is 629. The Morgan fingerprint density at radius 3 is 2.62 bits per heavy atom. The van der Waals surface area contributed by atoms with Crippen LogP contribution in [0.3, 0.4) is 0 Å². The van der Waals surface area contributed by atoms with Gasteiger partial charge in [-0.1, -0.05) is 0 Å². The van der Waals surface area contributed by atoms with E-state index in [9.17, 15) is 14.4 Å². The first kappa shape index (κ1) is 18.3. The quantitative estimate of drug-likeness (QED) is 0.660. The third kappa shape index (κ3) is 5.88. The predicted octanol–water partition coefficient (Wildman–Crippen LogP) is 1.53. The van der Waals surface area contributed by atoms with Gasteiger partial charge in [0, 0.05) is 22.9 Å². The van der Waals surface area contributed by atoms with E-state index in [0.717, 1.165) is 18.4 Å². The van der Waals surface area contributed by atoms with Crippen molar-refractivity contribution >= 4 is 29.4 Å². The van der Waals surface area contributed by atoms with Crippen LogP contribution in [0.1, 0.15) is 35.7 Å². The van der Waals surface area contributed by atoms with E-state index >= 15 is 0 Å². The van der Waals surface area contributed by atoms with E-state index < -0.39 is 0 Å². The molecule has 1 aromatic carbocycles. The molecule has 0 atom stereocenters. The first-order valence-corrected chi connectivity index (χ1v) is 8.96. The van der Waals surface area contributed by atoms with E-state index in [1.54, 1.807) is 25.3 Å². The molecule has 130 valence electrons. The van der Waals surface area contributed by atoms with Crippen molar-refractivity contribution in [2.24, 2.45) is 0 Å². The Morgan fingerprint density at radius 2 is 2.00 bits per heavy atom. The molecule has 1 aliphatic rings. The number of rotatable bonds is 9. The molecule has 0 aromatic heterocycles. The van der Waals surface area contributed by atoms with Crippen LogP contribution in [0, 0.1) is 0 Å². The molecule has 0 spiro atoms. The van der Waals surface area contributed by atoms with Gasteiger partial charge in [-0.25, -0.2) is 0 Å². The van der Waals surface area contributed by atoms with Crippen LogP contribution in [0.4, 0.5) is 0 Å². The van der Waals surface area contributed by atoms with Gasteiger partial charge in [0.1, 0.15) is 5.75 Å². The second-order valence-electron chi connectivity index (χ2n) is 5.69. The molecule has 2 rings (SSSR count). The van der Waals surface area contributed by atoms with E-state index in [0.29, 0.717) is 23.1 Å². The van der Waals surface area contributed by atoms with Crippen LogP contribution in [0.25, 0.3) is 0 Å². The largest absolute Gasteiger partial charge is 0.496 e. The summed E-state index contributed by atoms with van der Waals surface area (Å²) < 4.78 is 5.28. The Balaban J connectivity index is 1.75. The highest BCUT2D eigenvalue weighted by Gasteiger charge is 2.23. The molecule has 1 saturated carbocycles. The van der Waals surface area contributed by atoms with Gasteiger partial charge in [0.2, 0.25) is 11.8 Å². The van der Waals surface area contributed by atoms with Crippen molar-refractivity contribution in [3.05, 3.63) is 29.3 Å². The zero-order valence-electron chi connectivity index (χ0n) is 13.9. The number of ketones is 1. The highest BCUT2D eigenvalue weighted by atomic mass is 32.2. The van der Waals surface area contributed by atoms with Gasteiger partial charge in [-0.2, -0.15) is 0 Å².